The fourth-order valence-corrected chi connectivity index (χ4v) is 4.86. The van der Waals surface area contributed by atoms with E-state index in [0.29, 0.717) is 0 Å². The van der Waals surface area contributed by atoms with Crippen LogP contribution in [0.15, 0.2) is 41.5 Å². The molecule has 1 saturated heterocycles. The predicted octanol–water partition coefficient (Wildman–Crippen LogP) is 1.92. The Hall–Kier alpha value is -2.43. The fourth-order valence-electron chi connectivity index (χ4n) is 4.86. The van der Waals surface area contributed by atoms with E-state index in [1.807, 2.05) is 0 Å². The molecule has 1 aromatic carbocycles. The molecule has 116 valence electrons. The monoisotopic (exact) mass is 308 g/mol. The Labute approximate surface area is 133 Å². The number of carbonyl (C=O) groups is 2. The van der Waals surface area contributed by atoms with Crippen LogP contribution in [0.2, 0.25) is 0 Å². The van der Waals surface area contributed by atoms with Gasteiger partial charge < -0.3 is 5.11 Å². The normalized spacial score (nSPS) is 35.7. The maximum absolute atomic E-state index is 12.7. The lowest BCUT2D eigenvalue weighted by Gasteiger charge is -2.18. The van der Waals surface area contributed by atoms with Crippen LogP contribution in [0, 0.1) is 29.1 Å². The summed E-state index contributed by atoms with van der Waals surface area (Å²) < 4.78 is 0. The van der Waals surface area contributed by atoms with E-state index in [4.69, 9.17) is 0 Å². The number of nitrogens with zero attached hydrogens (tertiary/aromatic N) is 2. The fraction of sp³-hybridized carbons (Fsp3) is 0.389. The van der Waals surface area contributed by atoms with Crippen LogP contribution in [0.5, 0.6) is 5.75 Å². The number of allylic oxidation sites excluding steroid dienone is 2. The molecule has 2 saturated carbocycles. The Morgan fingerprint density at radius 2 is 1.61 bits per heavy atom. The van der Waals surface area contributed by atoms with Crippen molar-refractivity contribution in [1.29, 1.82) is 0 Å². The number of imide groups is 1. The molecule has 2 bridgehead atoms. The molecule has 1 heterocycles. The van der Waals surface area contributed by atoms with Gasteiger partial charge in [-0.15, -0.1) is 0 Å². The number of rotatable bonds is 2. The van der Waals surface area contributed by atoms with Gasteiger partial charge in [-0.3, -0.25) is 9.59 Å². The Bertz CT molecular complexity index is 742. The van der Waals surface area contributed by atoms with Gasteiger partial charge >= 0.3 is 0 Å². The highest BCUT2D eigenvalue weighted by Crippen LogP contribution is 2.73. The molecular formula is C18H16N2O3. The second kappa shape index (κ2) is 4.10. The molecule has 3 fully saturated rings. The van der Waals surface area contributed by atoms with Crippen molar-refractivity contribution < 1.29 is 14.7 Å². The van der Waals surface area contributed by atoms with Crippen molar-refractivity contribution >= 4 is 18.0 Å². The van der Waals surface area contributed by atoms with Crippen molar-refractivity contribution in [1.82, 2.24) is 5.01 Å². The molecule has 1 spiro atoms. The van der Waals surface area contributed by atoms with Gasteiger partial charge in [0.25, 0.3) is 11.8 Å². The molecule has 0 aromatic heterocycles. The zero-order chi connectivity index (χ0) is 15.8. The molecular weight excluding hydrogens is 292 g/mol. The lowest BCUT2D eigenvalue weighted by Crippen LogP contribution is -2.30. The van der Waals surface area contributed by atoms with Gasteiger partial charge in [0.2, 0.25) is 0 Å². The lowest BCUT2D eigenvalue weighted by atomic mass is 9.85. The molecule has 4 aliphatic rings. The first kappa shape index (κ1) is 13.0. The second-order valence-corrected chi connectivity index (χ2v) is 7.05. The zero-order valence-corrected chi connectivity index (χ0v) is 12.4. The molecule has 0 radical (unpaired) electrons. The average molecular weight is 308 g/mol. The van der Waals surface area contributed by atoms with Crippen molar-refractivity contribution in [3.05, 3.63) is 42.0 Å². The van der Waals surface area contributed by atoms with Crippen LogP contribution in [-0.2, 0) is 9.59 Å². The summed E-state index contributed by atoms with van der Waals surface area (Å²) in [5.41, 5.74) is 0.952. The maximum Gasteiger partial charge on any atom is 0.254 e. The minimum absolute atomic E-state index is 0.154. The number of carbonyl (C=O) groups excluding carboxylic acids is 2. The van der Waals surface area contributed by atoms with Crippen molar-refractivity contribution in [2.24, 2.45) is 34.2 Å². The summed E-state index contributed by atoms with van der Waals surface area (Å²) in [6, 6.07) is 6.47. The first-order valence-corrected chi connectivity index (χ1v) is 8.01. The first-order chi connectivity index (χ1) is 11.1. The molecule has 3 aliphatic carbocycles. The standard InChI is InChI=1S/C18H16N2O3/c21-11-3-1-10(2-4-11)9-19-20-16(22)14-12-5-6-13(15(14)17(20)23)18(12)7-8-18/h1-6,9,12-15,21H,7-8H2/b19-9+. The van der Waals surface area contributed by atoms with Crippen LogP contribution in [0.25, 0.3) is 0 Å². The summed E-state index contributed by atoms with van der Waals surface area (Å²) in [6.07, 6.45) is 8.08. The number of aromatic hydroxyl groups is 1. The number of hydrogen-bond acceptors (Lipinski definition) is 4. The van der Waals surface area contributed by atoms with Gasteiger partial charge in [0, 0.05) is 0 Å². The zero-order valence-electron chi connectivity index (χ0n) is 12.4. The maximum atomic E-state index is 12.7. The average Bonchev–Trinajstić information content (AvgIpc) is 3.15. The van der Waals surface area contributed by atoms with Gasteiger partial charge in [-0.1, -0.05) is 12.2 Å². The number of fused-ring (bicyclic) bond motifs is 3. The van der Waals surface area contributed by atoms with Crippen LogP contribution in [0.1, 0.15) is 18.4 Å². The lowest BCUT2D eigenvalue weighted by molar-refractivity contribution is -0.141. The van der Waals surface area contributed by atoms with Gasteiger partial charge in [0.05, 0.1) is 18.1 Å². The Balaban J connectivity index is 1.43. The van der Waals surface area contributed by atoms with Gasteiger partial charge in [0.15, 0.2) is 0 Å². The van der Waals surface area contributed by atoms with Crippen molar-refractivity contribution in [3.8, 4) is 5.75 Å². The molecule has 23 heavy (non-hydrogen) atoms. The van der Waals surface area contributed by atoms with Gasteiger partial charge in [-0.25, -0.2) is 0 Å². The Morgan fingerprint density at radius 3 is 2.13 bits per heavy atom. The SMILES string of the molecule is O=C1C2C(C(=O)N1/N=C/c1ccc(O)cc1)C1C=CC2C12CC2. The smallest absolute Gasteiger partial charge is 0.254 e. The highest BCUT2D eigenvalue weighted by molar-refractivity contribution is 6.07. The summed E-state index contributed by atoms with van der Waals surface area (Å²) in [7, 11) is 0. The summed E-state index contributed by atoms with van der Waals surface area (Å²) in [5.74, 6) is -0.113. The van der Waals surface area contributed by atoms with E-state index < -0.39 is 0 Å². The third-order valence-electron chi connectivity index (χ3n) is 6.04. The van der Waals surface area contributed by atoms with Gasteiger partial charge in [-0.05, 0) is 59.9 Å². The van der Waals surface area contributed by atoms with Crippen LogP contribution >= 0.6 is 0 Å². The van der Waals surface area contributed by atoms with E-state index in [2.05, 4.69) is 17.3 Å². The topological polar surface area (TPSA) is 70.0 Å². The first-order valence-electron chi connectivity index (χ1n) is 8.01. The minimum atomic E-state index is -0.211. The van der Waals surface area contributed by atoms with Crippen LogP contribution in [0.4, 0.5) is 0 Å². The van der Waals surface area contributed by atoms with Crippen LogP contribution < -0.4 is 0 Å². The number of amides is 2. The predicted molar refractivity (Wildman–Crippen MR) is 82.3 cm³/mol. The molecule has 1 aliphatic heterocycles. The number of hydrogen-bond donors (Lipinski definition) is 1. The third-order valence-corrected chi connectivity index (χ3v) is 6.04. The third kappa shape index (κ3) is 1.54. The van der Waals surface area contributed by atoms with E-state index in [0.717, 1.165) is 23.4 Å². The minimum Gasteiger partial charge on any atom is -0.508 e. The van der Waals surface area contributed by atoms with E-state index in [1.54, 1.807) is 24.3 Å². The summed E-state index contributed by atoms with van der Waals surface area (Å²) in [5, 5.41) is 14.5. The molecule has 5 rings (SSSR count). The Kier molecular flexibility index (Phi) is 2.33. The molecule has 4 atom stereocenters. The second-order valence-electron chi connectivity index (χ2n) is 7.05. The van der Waals surface area contributed by atoms with Crippen molar-refractivity contribution in [3.63, 3.8) is 0 Å². The summed E-state index contributed by atoms with van der Waals surface area (Å²) >= 11 is 0. The molecule has 4 unspecified atom stereocenters. The van der Waals surface area contributed by atoms with Gasteiger partial charge in [0.1, 0.15) is 5.75 Å². The molecule has 5 nitrogen and oxygen atoms in total. The van der Waals surface area contributed by atoms with Crippen molar-refractivity contribution in [2.45, 2.75) is 12.8 Å². The van der Waals surface area contributed by atoms with Crippen LogP contribution in [0.3, 0.4) is 0 Å². The number of phenolic OH excluding ortho intramolecular Hbond substituents is 1. The summed E-state index contributed by atoms with van der Waals surface area (Å²) in [6.45, 7) is 0. The van der Waals surface area contributed by atoms with Gasteiger partial charge in [-0.2, -0.15) is 10.1 Å². The number of phenols is 1. The molecule has 2 amide bonds. The molecule has 1 aromatic rings. The van der Waals surface area contributed by atoms with Crippen molar-refractivity contribution in [2.75, 3.05) is 0 Å². The van der Waals surface area contributed by atoms with E-state index >= 15 is 0 Å². The molecule has 1 N–H and O–H groups in total. The number of benzene rings is 1. The highest BCUT2D eigenvalue weighted by atomic mass is 16.3. The van der Waals surface area contributed by atoms with E-state index in [-0.39, 0.29) is 46.7 Å². The Morgan fingerprint density at radius 1 is 1.04 bits per heavy atom. The van der Waals surface area contributed by atoms with E-state index in [9.17, 15) is 14.7 Å². The summed E-state index contributed by atoms with van der Waals surface area (Å²) in [4.78, 5) is 25.4. The van der Waals surface area contributed by atoms with E-state index in [1.165, 1.54) is 6.21 Å². The largest absolute Gasteiger partial charge is 0.508 e. The van der Waals surface area contributed by atoms with Crippen LogP contribution in [-0.4, -0.2) is 28.1 Å². The molecule has 5 heteroatoms. The highest BCUT2D eigenvalue weighted by Gasteiger charge is 2.73. The number of hydrazone groups is 1. The quantitative estimate of drug-likeness (QED) is 0.515.